The number of carbonyl (C=O) groups excluding carboxylic acids is 2. The smallest absolute Gasteiger partial charge is 0.258 e. The molecule has 0 fully saturated rings. The number of benzene rings is 2. The number of para-hydroxylation sites is 1. The van der Waals surface area contributed by atoms with Crippen molar-refractivity contribution >= 4 is 23.2 Å². The highest BCUT2D eigenvalue weighted by Crippen LogP contribution is 2.28. The minimum Gasteiger partial charge on any atom is -0.490 e. The van der Waals surface area contributed by atoms with Crippen molar-refractivity contribution in [3.63, 3.8) is 0 Å². The maximum Gasteiger partial charge on any atom is 0.258 e. The van der Waals surface area contributed by atoms with Crippen molar-refractivity contribution in [2.45, 2.75) is 19.9 Å². The Balaban J connectivity index is 1.61. The van der Waals surface area contributed by atoms with Gasteiger partial charge in [0.2, 0.25) is 0 Å². The van der Waals surface area contributed by atoms with Crippen LogP contribution in [-0.2, 0) is 4.79 Å². The van der Waals surface area contributed by atoms with E-state index in [9.17, 15) is 9.59 Å². The average Bonchev–Trinajstić information content (AvgIpc) is 3.11. The fraction of sp³-hybridized carbons (Fsp3) is 0.238. The third kappa shape index (κ3) is 4.47. The monoisotopic (exact) mass is 367 g/mol. The van der Waals surface area contributed by atoms with Gasteiger partial charge in [0.15, 0.2) is 18.1 Å². The lowest BCUT2D eigenvalue weighted by Gasteiger charge is -2.14. The standard InChI is InChI=1S/C21H21NO5/c1-3-25-20-10-15(12-23)8-9-18(20)26-13-21(24)22-14(2)19-11-16-6-4-5-7-17(16)27-19/h4-12,14H,3,13H2,1-2H3,(H,22,24)/t14-/m1/s1. The van der Waals surface area contributed by atoms with Gasteiger partial charge < -0.3 is 19.2 Å². The summed E-state index contributed by atoms with van der Waals surface area (Å²) in [6.07, 6.45) is 0.730. The quantitative estimate of drug-likeness (QED) is 0.611. The maximum absolute atomic E-state index is 12.2. The van der Waals surface area contributed by atoms with Gasteiger partial charge >= 0.3 is 0 Å². The predicted octanol–water partition coefficient (Wildman–Crippen LogP) is 3.90. The molecular weight excluding hydrogens is 346 g/mol. The van der Waals surface area contributed by atoms with E-state index in [0.717, 1.165) is 17.3 Å². The Kier molecular flexibility index (Phi) is 5.76. The Morgan fingerprint density at radius 3 is 2.70 bits per heavy atom. The number of aldehydes is 1. The Labute approximate surface area is 157 Å². The average molecular weight is 367 g/mol. The van der Waals surface area contributed by atoms with Crippen LogP contribution in [0.4, 0.5) is 0 Å². The molecule has 1 N–H and O–H groups in total. The molecule has 3 aromatic rings. The summed E-state index contributed by atoms with van der Waals surface area (Å²) in [6.45, 7) is 3.93. The van der Waals surface area contributed by atoms with Crippen LogP contribution in [0.25, 0.3) is 11.0 Å². The SMILES string of the molecule is CCOc1cc(C=O)ccc1OCC(=O)N[C@H](C)c1cc2ccccc2o1. The third-order valence-corrected chi connectivity index (χ3v) is 4.01. The van der Waals surface area contributed by atoms with Crippen LogP contribution in [0.1, 0.15) is 36.0 Å². The number of nitrogens with one attached hydrogen (secondary N) is 1. The highest BCUT2D eigenvalue weighted by atomic mass is 16.5. The minimum atomic E-state index is -0.294. The molecule has 2 aromatic carbocycles. The summed E-state index contributed by atoms with van der Waals surface area (Å²) in [4.78, 5) is 23.1. The number of hydrogen-bond acceptors (Lipinski definition) is 5. The summed E-state index contributed by atoms with van der Waals surface area (Å²) in [5.74, 6) is 1.23. The van der Waals surface area contributed by atoms with Crippen LogP contribution in [0.3, 0.4) is 0 Å². The Hall–Kier alpha value is -3.28. The number of furan rings is 1. The lowest BCUT2D eigenvalue weighted by atomic mass is 10.2. The van der Waals surface area contributed by atoms with E-state index in [1.807, 2.05) is 44.2 Å². The van der Waals surface area contributed by atoms with Crippen molar-refractivity contribution in [3.05, 3.63) is 59.9 Å². The van der Waals surface area contributed by atoms with E-state index in [2.05, 4.69) is 5.32 Å². The Bertz CT molecular complexity index is 914. The minimum absolute atomic E-state index is 0.176. The molecule has 3 rings (SSSR count). The van der Waals surface area contributed by atoms with E-state index in [-0.39, 0.29) is 18.6 Å². The molecule has 27 heavy (non-hydrogen) atoms. The molecule has 0 aliphatic rings. The molecule has 1 atom stereocenters. The number of ether oxygens (including phenoxy) is 2. The second kappa shape index (κ2) is 8.40. The molecule has 0 aliphatic carbocycles. The first-order valence-electron chi connectivity index (χ1n) is 8.73. The number of amides is 1. The molecule has 140 valence electrons. The third-order valence-electron chi connectivity index (χ3n) is 4.01. The number of fused-ring (bicyclic) bond motifs is 1. The van der Waals surface area contributed by atoms with Crippen LogP contribution in [-0.4, -0.2) is 25.4 Å². The van der Waals surface area contributed by atoms with Crippen molar-refractivity contribution < 1.29 is 23.5 Å². The molecule has 6 nitrogen and oxygen atoms in total. The van der Waals surface area contributed by atoms with E-state index in [1.54, 1.807) is 18.2 Å². The predicted molar refractivity (Wildman–Crippen MR) is 101 cm³/mol. The van der Waals surface area contributed by atoms with Gasteiger partial charge in [0.1, 0.15) is 17.6 Å². The fourth-order valence-electron chi connectivity index (χ4n) is 2.70. The maximum atomic E-state index is 12.2. The molecule has 0 aliphatic heterocycles. The second-order valence-electron chi connectivity index (χ2n) is 6.02. The van der Waals surface area contributed by atoms with Crippen LogP contribution < -0.4 is 14.8 Å². The molecule has 1 amide bonds. The molecule has 0 radical (unpaired) electrons. The molecule has 0 spiro atoms. The largest absolute Gasteiger partial charge is 0.490 e. The van der Waals surface area contributed by atoms with Gasteiger partial charge in [0.05, 0.1) is 12.6 Å². The summed E-state index contributed by atoms with van der Waals surface area (Å²) >= 11 is 0. The summed E-state index contributed by atoms with van der Waals surface area (Å²) < 4.78 is 16.8. The van der Waals surface area contributed by atoms with Crippen molar-refractivity contribution in [2.75, 3.05) is 13.2 Å². The van der Waals surface area contributed by atoms with E-state index in [1.165, 1.54) is 0 Å². The lowest BCUT2D eigenvalue weighted by molar-refractivity contribution is -0.123. The molecule has 0 unspecified atom stereocenters. The lowest BCUT2D eigenvalue weighted by Crippen LogP contribution is -2.31. The summed E-state index contributed by atoms with van der Waals surface area (Å²) in [6, 6.07) is 14.1. The number of hydrogen-bond donors (Lipinski definition) is 1. The Morgan fingerprint density at radius 1 is 1.15 bits per heavy atom. The van der Waals surface area contributed by atoms with E-state index >= 15 is 0 Å². The van der Waals surface area contributed by atoms with E-state index in [0.29, 0.717) is 29.4 Å². The summed E-state index contributed by atoms with van der Waals surface area (Å²) in [7, 11) is 0. The summed E-state index contributed by atoms with van der Waals surface area (Å²) in [5.41, 5.74) is 1.26. The van der Waals surface area contributed by atoms with Gasteiger partial charge in [-0.2, -0.15) is 0 Å². The van der Waals surface area contributed by atoms with Crippen LogP contribution in [0.15, 0.2) is 52.9 Å². The second-order valence-corrected chi connectivity index (χ2v) is 6.02. The Morgan fingerprint density at radius 2 is 1.96 bits per heavy atom. The zero-order chi connectivity index (χ0) is 19.2. The molecule has 0 saturated carbocycles. The molecule has 6 heteroatoms. The molecule has 1 heterocycles. The van der Waals surface area contributed by atoms with Crippen molar-refractivity contribution in [1.29, 1.82) is 0 Å². The molecular formula is C21H21NO5. The highest BCUT2D eigenvalue weighted by Gasteiger charge is 2.15. The van der Waals surface area contributed by atoms with Crippen LogP contribution in [0.5, 0.6) is 11.5 Å². The van der Waals surface area contributed by atoms with Crippen molar-refractivity contribution in [3.8, 4) is 11.5 Å². The molecule has 0 bridgehead atoms. The van der Waals surface area contributed by atoms with Gasteiger partial charge in [0, 0.05) is 10.9 Å². The molecule has 1 aromatic heterocycles. The first kappa shape index (κ1) is 18.5. The van der Waals surface area contributed by atoms with Crippen LogP contribution >= 0.6 is 0 Å². The fourth-order valence-corrected chi connectivity index (χ4v) is 2.70. The number of rotatable bonds is 8. The topological polar surface area (TPSA) is 77.8 Å². The molecule has 0 saturated heterocycles. The first-order valence-corrected chi connectivity index (χ1v) is 8.73. The van der Waals surface area contributed by atoms with E-state index < -0.39 is 0 Å². The normalized spacial score (nSPS) is 11.8. The number of carbonyl (C=O) groups is 2. The van der Waals surface area contributed by atoms with Crippen LogP contribution in [0, 0.1) is 0 Å². The van der Waals surface area contributed by atoms with Crippen LogP contribution in [0.2, 0.25) is 0 Å². The van der Waals surface area contributed by atoms with Gasteiger partial charge in [0.25, 0.3) is 5.91 Å². The zero-order valence-electron chi connectivity index (χ0n) is 15.2. The van der Waals surface area contributed by atoms with Crippen molar-refractivity contribution in [1.82, 2.24) is 5.32 Å². The summed E-state index contributed by atoms with van der Waals surface area (Å²) in [5, 5.41) is 3.83. The van der Waals surface area contributed by atoms with E-state index in [4.69, 9.17) is 13.9 Å². The van der Waals surface area contributed by atoms with Gasteiger partial charge in [-0.3, -0.25) is 9.59 Å². The zero-order valence-corrected chi connectivity index (χ0v) is 15.2. The first-order chi connectivity index (χ1) is 13.1. The van der Waals surface area contributed by atoms with Gasteiger partial charge in [-0.05, 0) is 44.2 Å². The van der Waals surface area contributed by atoms with Gasteiger partial charge in [-0.15, -0.1) is 0 Å². The van der Waals surface area contributed by atoms with Gasteiger partial charge in [-0.25, -0.2) is 0 Å². The van der Waals surface area contributed by atoms with Crippen molar-refractivity contribution in [2.24, 2.45) is 0 Å². The highest BCUT2D eigenvalue weighted by molar-refractivity contribution is 5.80. The van der Waals surface area contributed by atoms with Gasteiger partial charge in [-0.1, -0.05) is 18.2 Å².